The quantitative estimate of drug-likeness (QED) is 0.496. The Kier molecular flexibility index (Phi) is 3.03. The maximum Gasteiger partial charge on any atom is 2.00 e. The smallest absolute Gasteiger partial charge is 0.180 e. The minimum absolute atomic E-state index is 0. The molecule has 0 saturated heterocycles. The first kappa shape index (κ1) is 9.45. The van der Waals surface area contributed by atoms with Gasteiger partial charge in [0.1, 0.15) is 0 Å². The zero-order valence-electron chi connectivity index (χ0n) is 6.78. The SMILES string of the molecule is Cc1[c-]ccc2ccccc12.[Pd+2]. The molecule has 0 aliphatic carbocycles. The van der Waals surface area contributed by atoms with Crippen LogP contribution in [0, 0.1) is 13.0 Å². The van der Waals surface area contributed by atoms with Crippen molar-refractivity contribution in [2.75, 3.05) is 0 Å². The van der Waals surface area contributed by atoms with E-state index in [1.54, 1.807) is 0 Å². The molecule has 0 saturated carbocycles. The van der Waals surface area contributed by atoms with E-state index >= 15 is 0 Å². The molecule has 0 aliphatic rings. The molecule has 0 aromatic heterocycles. The van der Waals surface area contributed by atoms with Crippen LogP contribution < -0.4 is 0 Å². The van der Waals surface area contributed by atoms with Crippen molar-refractivity contribution in [1.29, 1.82) is 0 Å². The summed E-state index contributed by atoms with van der Waals surface area (Å²) in [6, 6.07) is 15.6. The first-order valence-corrected chi connectivity index (χ1v) is 3.74. The molecule has 0 nitrogen and oxygen atoms in total. The molecule has 1 heteroatoms. The summed E-state index contributed by atoms with van der Waals surface area (Å²) in [6.07, 6.45) is 0. The molecule has 0 fully saturated rings. The number of hydrogen-bond donors (Lipinski definition) is 0. The fourth-order valence-corrected chi connectivity index (χ4v) is 1.32. The predicted octanol–water partition coefficient (Wildman–Crippen LogP) is 2.95. The number of rotatable bonds is 0. The van der Waals surface area contributed by atoms with Gasteiger partial charge in [-0.15, -0.1) is 16.8 Å². The van der Waals surface area contributed by atoms with E-state index in [-0.39, 0.29) is 20.4 Å². The van der Waals surface area contributed by atoms with Gasteiger partial charge in [-0.1, -0.05) is 25.1 Å². The molecule has 0 heterocycles. The van der Waals surface area contributed by atoms with Crippen LogP contribution >= 0.6 is 0 Å². The van der Waals surface area contributed by atoms with Crippen LogP contribution in [0.3, 0.4) is 0 Å². The minimum Gasteiger partial charge on any atom is -0.180 e. The van der Waals surface area contributed by atoms with Gasteiger partial charge in [0, 0.05) is 0 Å². The second kappa shape index (κ2) is 3.85. The summed E-state index contributed by atoms with van der Waals surface area (Å²) in [4.78, 5) is 0. The van der Waals surface area contributed by atoms with Crippen molar-refractivity contribution >= 4 is 10.8 Å². The summed E-state index contributed by atoms with van der Waals surface area (Å²) in [7, 11) is 0. The van der Waals surface area contributed by atoms with Crippen LogP contribution in [0.5, 0.6) is 0 Å². The van der Waals surface area contributed by atoms with Crippen LogP contribution in [0.15, 0.2) is 36.4 Å². The van der Waals surface area contributed by atoms with Gasteiger partial charge in [-0.3, -0.25) is 0 Å². The zero-order chi connectivity index (χ0) is 7.68. The number of fused-ring (bicyclic) bond motifs is 1. The topological polar surface area (TPSA) is 0 Å². The maximum atomic E-state index is 3.17. The molecular weight excluding hydrogens is 239 g/mol. The summed E-state index contributed by atoms with van der Waals surface area (Å²) < 4.78 is 0. The third-order valence-corrected chi connectivity index (χ3v) is 1.93. The predicted molar refractivity (Wildman–Crippen MR) is 47.5 cm³/mol. The molecule has 0 radical (unpaired) electrons. The van der Waals surface area contributed by atoms with E-state index in [0.29, 0.717) is 0 Å². The van der Waals surface area contributed by atoms with Crippen LogP contribution in [0.1, 0.15) is 5.56 Å². The molecule has 0 spiro atoms. The molecule has 2 rings (SSSR count). The molecule has 0 bridgehead atoms. The molecule has 0 unspecified atom stereocenters. The van der Waals surface area contributed by atoms with Crippen molar-refractivity contribution < 1.29 is 20.4 Å². The van der Waals surface area contributed by atoms with Crippen LogP contribution in [0.4, 0.5) is 0 Å². The van der Waals surface area contributed by atoms with Crippen LogP contribution in [-0.2, 0) is 20.4 Å². The van der Waals surface area contributed by atoms with Crippen LogP contribution in [0.2, 0.25) is 0 Å². The average molecular weight is 248 g/mol. The van der Waals surface area contributed by atoms with Gasteiger partial charge in [-0.25, -0.2) is 0 Å². The van der Waals surface area contributed by atoms with Crippen molar-refractivity contribution in [2.24, 2.45) is 0 Å². The monoisotopic (exact) mass is 247 g/mol. The van der Waals surface area contributed by atoms with E-state index in [0.717, 1.165) is 0 Å². The molecule has 0 atom stereocenters. The largest absolute Gasteiger partial charge is 2.00 e. The Hall–Kier alpha value is -0.638. The van der Waals surface area contributed by atoms with Gasteiger partial charge in [0.2, 0.25) is 0 Å². The Morgan fingerprint density at radius 1 is 1.08 bits per heavy atom. The normalized spacial score (nSPS) is 9.42. The average Bonchev–Trinajstić information content (AvgIpc) is 2.06. The third-order valence-electron chi connectivity index (χ3n) is 1.93. The molecule has 0 N–H and O–H groups in total. The second-order valence-corrected chi connectivity index (χ2v) is 2.69. The summed E-state index contributed by atoms with van der Waals surface area (Å²) in [6.45, 7) is 2.09. The second-order valence-electron chi connectivity index (χ2n) is 2.69. The van der Waals surface area contributed by atoms with Gasteiger partial charge in [0.15, 0.2) is 0 Å². The third kappa shape index (κ3) is 1.58. The van der Waals surface area contributed by atoms with Gasteiger partial charge in [-0.2, -0.15) is 23.8 Å². The van der Waals surface area contributed by atoms with E-state index in [1.807, 2.05) is 6.07 Å². The van der Waals surface area contributed by atoms with E-state index in [1.165, 1.54) is 16.3 Å². The van der Waals surface area contributed by atoms with E-state index in [4.69, 9.17) is 0 Å². The fraction of sp³-hybridized carbons (Fsp3) is 0.0909. The fourth-order valence-electron chi connectivity index (χ4n) is 1.32. The van der Waals surface area contributed by atoms with Gasteiger partial charge < -0.3 is 0 Å². The van der Waals surface area contributed by atoms with Crippen molar-refractivity contribution in [3.8, 4) is 0 Å². The van der Waals surface area contributed by atoms with Gasteiger partial charge in [-0.05, 0) is 0 Å². The molecule has 12 heavy (non-hydrogen) atoms. The van der Waals surface area contributed by atoms with Crippen molar-refractivity contribution in [3.63, 3.8) is 0 Å². The Labute approximate surface area is 86.3 Å². The first-order chi connectivity index (χ1) is 5.38. The van der Waals surface area contributed by atoms with Gasteiger partial charge in [0.05, 0.1) is 0 Å². The summed E-state index contributed by atoms with van der Waals surface area (Å²) in [5, 5.41) is 2.60. The summed E-state index contributed by atoms with van der Waals surface area (Å²) >= 11 is 0. The molecule has 0 amide bonds. The van der Waals surface area contributed by atoms with Gasteiger partial charge in [0.25, 0.3) is 0 Å². The number of benzene rings is 2. The molecular formula is C11H9Pd+. The Bertz CT molecular complexity index is 374. The van der Waals surface area contributed by atoms with Crippen molar-refractivity contribution in [3.05, 3.63) is 48.0 Å². The number of hydrogen-bond acceptors (Lipinski definition) is 0. The van der Waals surface area contributed by atoms with Crippen LogP contribution in [0.25, 0.3) is 10.8 Å². The maximum absolute atomic E-state index is 3.17. The van der Waals surface area contributed by atoms with Crippen molar-refractivity contribution in [1.82, 2.24) is 0 Å². The summed E-state index contributed by atoms with van der Waals surface area (Å²) in [5.74, 6) is 0. The van der Waals surface area contributed by atoms with Crippen molar-refractivity contribution in [2.45, 2.75) is 6.92 Å². The Morgan fingerprint density at radius 3 is 2.58 bits per heavy atom. The zero-order valence-corrected chi connectivity index (χ0v) is 8.33. The summed E-state index contributed by atoms with van der Waals surface area (Å²) in [5.41, 5.74) is 1.23. The first-order valence-electron chi connectivity index (χ1n) is 3.74. The standard InChI is InChI=1S/C11H9.Pd/c1-9-5-4-7-10-6-2-3-8-11(9)10;/h2-4,6-8H,1H3;/q-1;+2. The minimum atomic E-state index is 0. The molecule has 2 aromatic rings. The van der Waals surface area contributed by atoms with Gasteiger partial charge >= 0.3 is 20.4 Å². The van der Waals surface area contributed by atoms with Crippen LogP contribution in [-0.4, -0.2) is 0 Å². The molecule has 0 aliphatic heterocycles. The van der Waals surface area contributed by atoms with E-state index in [2.05, 4.69) is 43.3 Å². The molecule has 62 valence electrons. The van der Waals surface area contributed by atoms with E-state index in [9.17, 15) is 0 Å². The van der Waals surface area contributed by atoms with E-state index < -0.39 is 0 Å². The molecule has 2 aromatic carbocycles. The number of aryl methyl sites for hydroxylation is 1. The Morgan fingerprint density at radius 2 is 1.83 bits per heavy atom. The Balaban J connectivity index is 0.000000720.